The summed E-state index contributed by atoms with van der Waals surface area (Å²) in [5.74, 6) is 4.00. The molecule has 0 aromatic rings. The molecule has 4 heteroatoms. The summed E-state index contributed by atoms with van der Waals surface area (Å²) < 4.78 is 0. The van der Waals surface area contributed by atoms with Gasteiger partial charge in [-0.3, -0.25) is 0 Å². The Hall–Kier alpha value is 1.68. The van der Waals surface area contributed by atoms with Crippen LogP contribution >= 0.6 is 17.0 Å². The third-order valence-electron chi connectivity index (χ3n) is 7.99. The van der Waals surface area contributed by atoms with Crippen molar-refractivity contribution >= 4 is 25.1 Å². The Morgan fingerprint density at radius 1 is 0.708 bits per heavy atom. The van der Waals surface area contributed by atoms with Crippen molar-refractivity contribution in [3.63, 3.8) is 0 Å². The molecule has 0 nitrogen and oxygen atoms in total. The average molecular weight is 471 g/mol. The van der Waals surface area contributed by atoms with Crippen molar-refractivity contribution in [2.45, 2.75) is 89.4 Å². The summed E-state index contributed by atoms with van der Waals surface area (Å²) in [5.41, 5.74) is 2.39. The van der Waals surface area contributed by atoms with Crippen LogP contribution in [-0.4, -0.2) is 8.07 Å². The van der Waals surface area contributed by atoms with Crippen LogP contribution in [-0.2, 0) is 20.8 Å². The van der Waals surface area contributed by atoms with Gasteiger partial charge < -0.3 is 14.9 Å². The van der Waals surface area contributed by atoms with E-state index in [1.54, 1.807) is 50.6 Å². The van der Waals surface area contributed by atoms with E-state index < -0.39 is 28.9 Å². The average Bonchev–Trinajstić information content (AvgIpc) is 3.20. The van der Waals surface area contributed by atoms with Crippen molar-refractivity contribution in [3.05, 3.63) is 14.9 Å². The first kappa shape index (κ1) is 25.7. The van der Waals surface area contributed by atoms with E-state index in [0.29, 0.717) is 0 Å². The van der Waals surface area contributed by atoms with E-state index in [9.17, 15) is 0 Å². The van der Waals surface area contributed by atoms with Crippen LogP contribution in [0.2, 0.25) is 23.2 Å². The van der Waals surface area contributed by atoms with Gasteiger partial charge in [0.2, 0.25) is 0 Å². The summed E-state index contributed by atoms with van der Waals surface area (Å²) in [6.45, 7) is 10.4. The van der Waals surface area contributed by atoms with Crippen molar-refractivity contribution in [2.75, 3.05) is 0 Å². The quantitative estimate of drug-likeness (QED) is 0.281. The molecule has 2 aliphatic carbocycles. The van der Waals surface area contributed by atoms with Gasteiger partial charge >= 0.3 is 37.9 Å². The third-order valence-corrected chi connectivity index (χ3v) is 15.1. The number of hydrogen-bond donors (Lipinski definition) is 0. The predicted molar refractivity (Wildman–Crippen MR) is 112 cm³/mol. The molecule has 0 spiro atoms. The molecular weight excluding hydrogens is 430 g/mol. The van der Waals surface area contributed by atoms with E-state index in [1.165, 1.54) is 11.1 Å². The van der Waals surface area contributed by atoms with Crippen molar-refractivity contribution in [1.29, 1.82) is 0 Å². The molecule has 0 aromatic carbocycles. The van der Waals surface area contributed by atoms with Crippen LogP contribution in [0.4, 0.5) is 0 Å². The standard InChI is InChI=1S/C18H34Si.2CH3.2ClH.Zr/c1-13-14(2)16(4)18(15(13)3)19(11-7-8-12-19)17-9-5-6-10-17;;;;;/h13-18H,5-12H2,1-4H3;2*1H3;2*1H;/q;2*-1;;;+4/p-2. The molecule has 1 saturated heterocycles. The first-order valence-corrected chi connectivity index (χ1v) is 18.4. The van der Waals surface area contributed by atoms with E-state index in [1.807, 2.05) is 0 Å². The van der Waals surface area contributed by atoms with Crippen LogP contribution < -0.4 is 0 Å². The zero-order chi connectivity index (χ0) is 16.3. The van der Waals surface area contributed by atoms with E-state index >= 15 is 0 Å². The minimum absolute atomic E-state index is 0. The fourth-order valence-corrected chi connectivity index (χ4v) is 15.0. The van der Waals surface area contributed by atoms with Crippen LogP contribution in [0.25, 0.3) is 0 Å². The monoisotopic (exact) mass is 468 g/mol. The van der Waals surface area contributed by atoms with Crippen molar-refractivity contribution in [2.24, 2.45) is 23.7 Å². The summed E-state index contributed by atoms with van der Waals surface area (Å²) in [6.07, 6.45) is 9.51. The van der Waals surface area contributed by atoms with Gasteiger partial charge in [0.15, 0.2) is 0 Å². The molecule has 0 aromatic heterocycles. The molecule has 0 bridgehead atoms. The second-order valence-electron chi connectivity index (χ2n) is 8.46. The molecule has 4 unspecified atom stereocenters. The van der Waals surface area contributed by atoms with Crippen molar-refractivity contribution in [3.8, 4) is 0 Å². The van der Waals surface area contributed by atoms with Crippen LogP contribution in [0.15, 0.2) is 0 Å². The van der Waals surface area contributed by atoms with E-state index in [4.69, 9.17) is 17.0 Å². The molecule has 0 amide bonds. The SMILES string of the molecule is CC1C(C)C(C)C([Si]2(C3CCCC3)CCCC2)C1C.[CH3-].[CH3-].[Cl][Zr+2][Cl]. The normalized spacial score (nSPS) is 37.7. The van der Waals surface area contributed by atoms with Gasteiger partial charge in [-0.15, -0.1) is 0 Å². The molecule has 0 N–H and O–H groups in total. The Kier molecular flexibility index (Phi) is 12.3. The number of rotatable bonds is 2. The first-order chi connectivity index (χ1) is 10.5. The molecule has 0 radical (unpaired) electrons. The minimum atomic E-state index is -0.976. The number of halogens is 2. The number of hydrogen-bond acceptors (Lipinski definition) is 0. The molecule has 24 heavy (non-hydrogen) atoms. The summed E-state index contributed by atoms with van der Waals surface area (Å²) in [7, 11) is 8.89. The van der Waals surface area contributed by atoms with Gasteiger partial charge in [0.05, 0.1) is 8.07 Å². The van der Waals surface area contributed by atoms with Gasteiger partial charge in [0.25, 0.3) is 0 Å². The van der Waals surface area contributed by atoms with Gasteiger partial charge in [-0.2, -0.15) is 0 Å². The van der Waals surface area contributed by atoms with Gasteiger partial charge in [-0.1, -0.05) is 78.3 Å². The second-order valence-corrected chi connectivity index (χ2v) is 17.1. The van der Waals surface area contributed by atoms with Crippen LogP contribution in [0.5, 0.6) is 0 Å². The van der Waals surface area contributed by atoms with E-state index in [-0.39, 0.29) is 14.9 Å². The van der Waals surface area contributed by atoms with Crippen LogP contribution in [0.3, 0.4) is 0 Å². The summed E-state index contributed by atoms with van der Waals surface area (Å²) >= 11 is -0.826. The molecule has 1 aliphatic heterocycles. The second kappa shape index (κ2) is 11.5. The maximum absolute atomic E-state index is 4.93. The van der Waals surface area contributed by atoms with Crippen molar-refractivity contribution < 1.29 is 20.8 Å². The molecule has 2 saturated carbocycles. The Balaban J connectivity index is 0.000000988. The Bertz CT molecular complexity index is 327. The van der Waals surface area contributed by atoms with E-state index in [2.05, 4.69) is 27.7 Å². The fraction of sp³-hybridized carbons (Fsp3) is 0.900. The summed E-state index contributed by atoms with van der Waals surface area (Å²) in [5, 5.41) is 0. The third kappa shape index (κ3) is 4.94. The molecule has 3 rings (SSSR count). The van der Waals surface area contributed by atoms with Gasteiger partial charge in [-0.25, -0.2) is 0 Å². The van der Waals surface area contributed by atoms with Crippen LogP contribution in [0.1, 0.15) is 66.2 Å². The topological polar surface area (TPSA) is 0 Å². The molecule has 142 valence electrons. The zero-order valence-electron chi connectivity index (χ0n) is 16.9. The predicted octanol–water partition coefficient (Wildman–Crippen LogP) is 8.38. The van der Waals surface area contributed by atoms with Gasteiger partial charge in [0.1, 0.15) is 0 Å². The van der Waals surface area contributed by atoms with E-state index in [0.717, 1.165) is 23.7 Å². The summed E-state index contributed by atoms with van der Waals surface area (Å²) in [6, 6.07) is 3.41. The molecular formula is C20H40Cl2SiZr. The fourth-order valence-electron chi connectivity index (χ4n) is 6.69. The van der Waals surface area contributed by atoms with Crippen molar-refractivity contribution in [1.82, 2.24) is 0 Å². The Morgan fingerprint density at radius 2 is 1.08 bits per heavy atom. The first-order valence-electron chi connectivity index (χ1n) is 9.45. The van der Waals surface area contributed by atoms with Gasteiger partial charge in [-0.05, 0) is 34.8 Å². The Labute approximate surface area is 172 Å². The molecule has 1 heterocycles. The van der Waals surface area contributed by atoms with Gasteiger partial charge in [0, 0.05) is 0 Å². The molecule has 3 aliphatic rings. The summed E-state index contributed by atoms with van der Waals surface area (Å²) in [4.78, 5) is 0. The molecule has 4 atom stereocenters. The Morgan fingerprint density at radius 3 is 1.46 bits per heavy atom. The maximum atomic E-state index is 4.93. The molecule has 3 fully saturated rings. The zero-order valence-corrected chi connectivity index (χ0v) is 21.8. The van der Waals surface area contributed by atoms with Crippen LogP contribution in [0, 0.1) is 38.5 Å².